The Balaban J connectivity index is 1.32. The van der Waals surface area contributed by atoms with Crippen molar-refractivity contribution in [2.75, 3.05) is 70.4 Å². The molecule has 156 valence electrons. The van der Waals surface area contributed by atoms with Gasteiger partial charge < -0.3 is 24.6 Å². The number of hydrogen-bond donors (Lipinski definition) is 1. The van der Waals surface area contributed by atoms with Gasteiger partial charge in [-0.25, -0.2) is 9.97 Å². The molecule has 2 aromatic rings. The van der Waals surface area contributed by atoms with E-state index in [1.54, 1.807) is 0 Å². The largest absolute Gasteiger partial charge is 0.454 e. The Kier molecular flexibility index (Phi) is 6.01. The van der Waals surface area contributed by atoms with Crippen LogP contribution in [0.15, 0.2) is 24.3 Å². The average molecular weight is 399 g/mol. The highest BCUT2D eigenvalue weighted by Gasteiger charge is 2.20. The van der Waals surface area contributed by atoms with Crippen molar-refractivity contribution in [1.29, 1.82) is 0 Å². The molecule has 2 aliphatic rings. The number of benzene rings is 1. The number of nitrogens with one attached hydrogen (secondary N) is 1. The second kappa shape index (κ2) is 8.84. The summed E-state index contributed by atoms with van der Waals surface area (Å²) in [5, 5.41) is 3.41. The van der Waals surface area contributed by atoms with Crippen molar-refractivity contribution in [2.45, 2.75) is 13.5 Å². The predicted molar refractivity (Wildman–Crippen MR) is 114 cm³/mol. The topological polar surface area (TPSA) is 66.0 Å². The first kappa shape index (κ1) is 19.7. The van der Waals surface area contributed by atoms with Crippen molar-refractivity contribution in [3.63, 3.8) is 0 Å². The summed E-state index contributed by atoms with van der Waals surface area (Å²) in [6, 6.07) is 8.28. The molecule has 3 heterocycles. The molecule has 0 amide bonds. The fourth-order valence-corrected chi connectivity index (χ4v) is 3.64. The number of hydrogen-bond acceptors (Lipinski definition) is 8. The molecule has 1 aromatic carbocycles. The van der Waals surface area contributed by atoms with Gasteiger partial charge in [0.25, 0.3) is 0 Å². The lowest BCUT2D eigenvalue weighted by Gasteiger charge is -2.35. The minimum absolute atomic E-state index is 0.321. The number of ether oxygens (including phenoxy) is 2. The number of nitrogens with zero attached hydrogens (tertiary/aromatic N) is 5. The normalized spacial score (nSPS) is 16.5. The van der Waals surface area contributed by atoms with Gasteiger partial charge in [-0.05, 0) is 38.7 Å². The van der Waals surface area contributed by atoms with E-state index >= 15 is 0 Å². The third-order valence-electron chi connectivity index (χ3n) is 5.23. The molecule has 0 unspecified atom stereocenters. The SMILES string of the molecule is Cc1nc(NCCN(C)C)cc(N2CCN(Cc3ccc4c(c3)OCO4)CC2)n1. The maximum absolute atomic E-state index is 5.49. The monoisotopic (exact) mass is 398 g/mol. The molecule has 1 saturated heterocycles. The first-order chi connectivity index (χ1) is 14.1. The molecule has 1 N–H and O–H groups in total. The molecule has 2 aliphatic heterocycles. The maximum Gasteiger partial charge on any atom is 0.231 e. The first-order valence-corrected chi connectivity index (χ1v) is 10.2. The fourth-order valence-electron chi connectivity index (χ4n) is 3.64. The summed E-state index contributed by atoms with van der Waals surface area (Å²) in [5.41, 5.74) is 1.26. The second-order valence-electron chi connectivity index (χ2n) is 7.84. The van der Waals surface area contributed by atoms with Crippen LogP contribution in [0.4, 0.5) is 11.6 Å². The number of fused-ring (bicyclic) bond motifs is 1. The van der Waals surface area contributed by atoms with Gasteiger partial charge in [0.05, 0.1) is 0 Å². The second-order valence-corrected chi connectivity index (χ2v) is 7.84. The lowest BCUT2D eigenvalue weighted by molar-refractivity contribution is 0.174. The molecule has 0 bridgehead atoms. The van der Waals surface area contributed by atoms with Crippen LogP contribution in [0.2, 0.25) is 0 Å². The van der Waals surface area contributed by atoms with Crippen LogP contribution in [0.1, 0.15) is 11.4 Å². The summed E-state index contributed by atoms with van der Waals surface area (Å²) in [4.78, 5) is 16.2. The van der Waals surface area contributed by atoms with Gasteiger partial charge >= 0.3 is 0 Å². The molecule has 0 spiro atoms. The van der Waals surface area contributed by atoms with Crippen LogP contribution in [0.25, 0.3) is 0 Å². The Hall–Kier alpha value is -2.58. The fraction of sp³-hybridized carbons (Fsp3) is 0.524. The quantitative estimate of drug-likeness (QED) is 0.758. The van der Waals surface area contributed by atoms with Gasteiger partial charge in [-0.15, -0.1) is 0 Å². The van der Waals surface area contributed by atoms with Crippen LogP contribution >= 0.6 is 0 Å². The zero-order valence-electron chi connectivity index (χ0n) is 17.5. The van der Waals surface area contributed by atoms with E-state index in [0.29, 0.717) is 6.79 Å². The highest BCUT2D eigenvalue weighted by Crippen LogP contribution is 2.33. The van der Waals surface area contributed by atoms with Gasteiger partial charge in [0.15, 0.2) is 11.5 Å². The molecular formula is C21H30N6O2. The van der Waals surface area contributed by atoms with E-state index in [1.165, 1.54) is 5.56 Å². The van der Waals surface area contributed by atoms with Gasteiger partial charge in [-0.2, -0.15) is 0 Å². The van der Waals surface area contributed by atoms with E-state index in [1.807, 2.05) is 13.0 Å². The number of rotatable bonds is 7. The van der Waals surface area contributed by atoms with Gasteiger partial charge in [0.1, 0.15) is 17.5 Å². The number of aryl methyl sites for hydroxylation is 1. The average Bonchev–Trinajstić information content (AvgIpc) is 3.16. The molecule has 8 heteroatoms. The van der Waals surface area contributed by atoms with Crippen LogP contribution in [0, 0.1) is 6.92 Å². The van der Waals surface area contributed by atoms with Crippen molar-refractivity contribution >= 4 is 11.6 Å². The number of aromatic nitrogens is 2. The third kappa shape index (κ3) is 5.07. The Morgan fingerprint density at radius 2 is 1.83 bits per heavy atom. The van der Waals surface area contributed by atoms with E-state index in [0.717, 1.165) is 74.8 Å². The molecule has 8 nitrogen and oxygen atoms in total. The molecule has 0 aliphatic carbocycles. The highest BCUT2D eigenvalue weighted by molar-refractivity contribution is 5.50. The molecule has 1 fully saturated rings. The van der Waals surface area contributed by atoms with Crippen LogP contribution in [-0.2, 0) is 6.54 Å². The Morgan fingerprint density at radius 1 is 1.03 bits per heavy atom. The summed E-state index contributed by atoms with van der Waals surface area (Å²) in [6.07, 6.45) is 0. The zero-order chi connectivity index (χ0) is 20.2. The van der Waals surface area contributed by atoms with Crippen molar-refractivity contribution in [3.8, 4) is 11.5 Å². The van der Waals surface area contributed by atoms with Crippen LogP contribution < -0.4 is 19.7 Å². The van der Waals surface area contributed by atoms with Gasteiger partial charge in [-0.3, -0.25) is 4.90 Å². The highest BCUT2D eigenvalue weighted by atomic mass is 16.7. The molecule has 29 heavy (non-hydrogen) atoms. The summed E-state index contributed by atoms with van der Waals surface area (Å²) >= 11 is 0. The lowest BCUT2D eigenvalue weighted by atomic mass is 10.1. The van der Waals surface area contributed by atoms with Crippen LogP contribution in [0.3, 0.4) is 0 Å². The summed E-state index contributed by atoms with van der Waals surface area (Å²) in [6.45, 7) is 8.95. The van der Waals surface area contributed by atoms with Crippen molar-refractivity contribution in [1.82, 2.24) is 19.8 Å². The predicted octanol–water partition coefficient (Wildman–Crippen LogP) is 1.81. The third-order valence-corrected chi connectivity index (χ3v) is 5.23. The van der Waals surface area contributed by atoms with E-state index in [-0.39, 0.29) is 0 Å². The van der Waals surface area contributed by atoms with Gasteiger partial charge in [0, 0.05) is 51.9 Å². The standard InChI is InChI=1S/C21H30N6O2/c1-16-23-20(22-6-7-25(2)3)13-21(24-16)27-10-8-26(9-11-27)14-17-4-5-18-19(12-17)29-15-28-18/h4-5,12-13H,6-11,14-15H2,1-3H3,(H,22,23,24). The van der Waals surface area contributed by atoms with Gasteiger partial charge in [0.2, 0.25) is 6.79 Å². The van der Waals surface area contributed by atoms with E-state index in [4.69, 9.17) is 9.47 Å². The number of likely N-dealkylation sites (N-methyl/N-ethyl adjacent to an activating group) is 1. The van der Waals surface area contributed by atoms with Crippen molar-refractivity contribution < 1.29 is 9.47 Å². The maximum atomic E-state index is 5.49. The smallest absolute Gasteiger partial charge is 0.231 e. The molecule has 0 saturated carbocycles. The number of piperazine rings is 1. The number of anilines is 2. The first-order valence-electron chi connectivity index (χ1n) is 10.2. The summed E-state index contributed by atoms with van der Waals surface area (Å²) in [7, 11) is 4.14. The van der Waals surface area contributed by atoms with E-state index in [9.17, 15) is 0 Å². The van der Waals surface area contributed by atoms with Crippen LogP contribution in [-0.4, -0.2) is 79.9 Å². The molecule has 0 atom stereocenters. The summed E-state index contributed by atoms with van der Waals surface area (Å²) < 4.78 is 10.9. The van der Waals surface area contributed by atoms with Crippen molar-refractivity contribution in [2.24, 2.45) is 0 Å². The molecule has 0 radical (unpaired) electrons. The van der Waals surface area contributed by atoms with Crippen molar-refractivity contribution in [3.05, 3.63) is 35.7 Å². The van der Waals surface area contributed by atoms with E-state index in [2.05, 4.69) is 62.3 Å². The molecule has 4 rings (SSSR count). The molecule has 1 aromatic heterocycles. The Labute approximate surface area is 172 Å². The minimum Gasteiger partial charge on any atom is -0.454 e. The molecular weight excluding hydrogens is 368 g/mol. The minimum atomic E-state index is 0.321. The Bertz CT molecular complexity index is 836. The van der Waals surface area contributed by atoms with Gasteiger partial charge in [-0.1, -0.05) is 6.07 Å². The lowest BCUT2D eigenvalue weighted by Crippen LogP contribution is -2.46. The van der Waals surface area contributed by atoms with E-state index < -0.39 is 0 Å². The Morgan fingerprint density at radius 3 is 2.62 bits per heavy atom. The zero-order valence-corrected chi connectivity index (χ0v) is 17.5. The van der Waals surface area contributed by atoms with Crippen LogP contribution in [0.5, 0.6) is 11.5 Å². The summed E-state index contributed by atoms with van der Waals surface area (Å²) in [5.74, 6) is 4.40.